The molecule has 0 heterocycles. The van der Waals surface area contributed by atoms with Crippen LogP contribution in [-0.2, 0) is 0 Å². The summed E-state index contributed by atoms with van der Waals surface area (Å²) in [5.74, 6) is 0. The zero-order chi connectivity index (χ0) is 4.12. The summed E-state index contributed by atoms with van der Waals surface area (Å²) in [7, 11) is 0. The molecule has 0 fully saturated rings. The van der Waals surface area contributed by atoms with Gasteiger partial charge in [0.05, 0.1) is 0 Å². The van der Waals surface area contributed by atoms with E-state index in [1.807, 2.05) is 0 Å². The monoisotopic (exact) mass is 200 g/mol. The van der Waals surface area contributed by atoms with Gasteiger partial charge in [0.2, 0.25) is 0 Å². The van der Waals surface area contributed by atoms with Crippen molar-refractivity contribution in [2.75, 3.05) is 0 Å². The van der Waals surface area contributed by atoms with E-state index in [4.69, 9.17) is 0 Å². The Labute approximate surface area is 57.3 Å². The maximum atomic E-state index is 2.21. The molecule has 6 heavy (non-hydrogen) atoms. The fraction of sp³-hybridized carbons (Fsp3) is 1.00. The number of halogens is 1. The molecule has 0 saturated carbocycles. The van der Waals surface area contributed by atoms with Crippen molar-refractivity contribution in [1.29, 1.82) is 0 Å². The van der Waals surface area contributed by atoms with Gasteiger partial charge in [0.1, 0.15) is 0 Å². The van der Waals surface area contributed by atoms with Crippen LogP contribution in [0.15, 0.2) is 0 Å². The van der Waals surface area contributed by atoms with Crippen LogP contribution in [0.5, 0.6) is 0 Å². The Hall–Kier alpha value is 0.730. The Balaban J connectivity index is 0. The lowest BCUT2D eigenvalue weighted by Crippen LogP contribution is -1.59. The molecule has 0 bridgehead atoms. The highest BCUT2D eigenvalue weighted by molar-refractivity contribution is 14.0. The average Bonchev–Trinajstić information content (AvgIpc) is 1.41. The standard InChI is InChI=1S/C5H12.HI/c1-3-5-4-2;/h3-5H2,1-2H3;1H. The van der Waals surface area contributed by atoms with Crippen molar-refractivity contribution in [3.63, 3.8) is 0 Å². The summed E-state index contributed by atoms with van der Waals surface area (Å²) in [5.41, 5.74) is 0. The molecule has 40 valence electrons. The molecular weight excluding hydrogens is 187 g/mol. The van der Waals surface area contributed by atoms with E-state index in [0.29, 0.717) is 0 Å². The first-order valence-corrected chi connectivity index (χ1v) is 2.41. The minimum absolute atomic E-state index is 0. The molecule has 1 heteroatoms. The van der Waals surface area contributed by atoms with Crippen molar-refractivity contribution >= 4 is 24.0 Å². The first-order valence-electron chi connectivity index (χ1n) is 2.41. The minimum atomic E-state index is 0. The summed E-state index contributed by atoms with van der Waals surface area (Å²) < 4.78 is 0. The molecule has 0 nitrogen and oxygen atoms in total. The van der Waals surface area contributed by atoms with Gasteiger partial charge in [0.25, 0.3) is 0 Å². The Morgan fingerprint density at radius 3 is 1.33 bits per heavy atom. The van der Waals surface area contributed by atoms with Gasteiger partial charge in [-0.2, -0.15) is 0 Å². The van der Waals surface area contributed by atoms with E-state index < -0.39 is 0 Å². The van der Waals surface area contributed by atoms with Crippen molar-refractivity contribution in [2.24, 2.45) is 0 Å². The lowest BCUT2D eigenvalue weighted by molar-refractivity contribution is 0.772. The first-order chi connectivity index (χ1) is 2.41. The molecule has 0 aliphatic carbocycles. The van der Waals surface area contributed by atoms with E-state index in [-0.39, 0.29) is 24.0 Å². The second-order valence-electron chi connectivity index (χ2n) is 1.35. The lowest BCUT2D eigenvalue weighted by atomic mass is 10.3. The quantitative estimate of drug-likeness (QED) is 0.601. The topological polar surface area (TPSA) is 0 Å². The van der Waals surface area contributed by atoms with Gasteiger partial charge in [-0.3, -0.25) is 0 Å². The van der Waals surface area contributed by atoms with E-state index in [0.717, 1.165) is 0 Å². The third-order valence-corrected chi connectivity index (χ3v) is 0.707. The predicted octanol–water partition coefficient (Wildman–Crippen LogP) is 2.81. The molecule has 0 rings (SSSR count). The largest absolute Gasteiger partial charge is 0.107 e. The number of rotatable bonds is 2. The fourth-order valence-corrected chi connectivity index (χ4v) is 0.354. The molecular formula is C5H13I. The molecule has 0 N–H and O–H groups in total. The molecule has 0 spiro atoms. The molecule has 0 aliphatic heterocycles. The molecule has 0 aliphatic rings. The first kappa shape index (κ1) is 9.88. The molecule has 0 saturated heterocycles. The van der Waals surface area contributed by atoms with Gasteiger partial charge in [-0.05, 0) is 0 Å². The zero-order valence-electron chi connectivity index (χ0n) is 4.53. The highest BCUT2D eigenvalue weighted by atomic mass is 127. The van der Waals surface area contributed by atoms with Crippen LogP contribution in [0.4, 0.5) is 0 Å². The van der Waals surface area contributed by atoms with Crippen molar-refractivity contribution in [1.82, 2.24) is 0 Å². The normalized spacial score (nSPS) is 7.00. The maximum Gasteiger partial charge on any atom is -0.0538 e. The van der Waals surface area contributed by atoms with Crippen molar-refractivity contribution in [3.05, 3.63) is 0 Å². The smallest absolute Gasteiger partial charge is 0.0538 e. The van der Waals surface area contributed by atoms with Crippen molar-refractivity contribution < 1.29 is 0 Å². The molecule has 0 amide bonds. The van der Waals surface area contributed by atoms with Gasteiger partial charge in [-0.1, -0.05) is 33.1 Å². The summed E-state index contributed by atoms with van der Waals surface area (Å²) in [6.07, 6.45) is 4.08. The van der Waals surface area contributed by atoms with Gasteiger partial charge in [0.15, 0.2) is 0 Å². The summed E-state index contributed by atoms with van der Waals surface area (Å²) in [6.45, 7) is 4.42. The molecule has 0 aromatic heterocycles. The fourth-order valence-electron chi connectivity index (χ4n) is 0.354. The summed E-state index contributed by atoms with van der Waals surface area (Å²) in [6, 6.07) is 0. The van der Waals surface area contributed by atoms with E-state index in [2.05, 4.69) is 13.8 Å². The van der Waals surface area contributed by atoms with Crippen LogP contribution in [-0.4, -0.2) is 0 Å². The predicted molar refractivity (Wildman–Crippen MR) is 40.6 cm³/mol. The van der Waals surface area contributed by atoms with Gasteiger partial charge < -0.3 is 0 Å². The van der Waals surface area contributed by atoms with Crippen molar-refractivity contribution in [3.8, 4) is 0 Å². The van der Waals surface area contributed by atoms with Gasteiger partial charge in [-0.25, -0.2) is 0 Å². The molecule has 0 unspecified atom stereocenters. The third kappa shape index (κ3) is 8.83. The average molecular weight is 200 g/mol. The molecule has 0 aromatic rings. The van der Waals surface area contributed by atoms with Crippen LogP contribution >= 0.6 is 24.0 Å². The number of hydrogen-bond donors (Lipinski definition) is 0. The zero-order valence-corrected chi connectivity index (χ0v) is 6.86. The van der Waals surface area contributed by atoms with Crippen LogP contribution in [0.2, 0.25) is 0 Å². The van der Waals surface area contributed by atoms with Crippen molar-refractivity contribution in [2.45, 2.75) is 33.1 Å². The highest BCUT2D eigenvalue weighted by Gasteiger charge is 1.68. The maximum absolute atomic E-state index is 2.21. The molecule has 0 aromatic carbocycles. The van der Waals surface area contributed by atoms with Crippen LogP contribution in [0.25, 0.3) is 0 Å². The molecule has 0 radical (unpaired) electrons. The number of hydrogen-bond acceptors (Lipinski definition) is 0. The SMILES string of the molecule is CCCCC.I. The van der Waals surface area contributed by atoms with Crippen LogP contribution in [0, 0.1) is 0 Å². The molecule has 0 atom stereocenters. The Bertz CT molecular complexity index is 11.4. The Morgan fingerprint density at radius 2 is 1.33 bits per heavy atom. The van der Waals surface area contributed by atoms with E-state index in [1.165, 1.54) is 19.3 Å². The summed E-state index contributed by atoms with van der Waals surface area (Å²) in [4.78, 5) is 0. The second kappa shape index (κ2) is 9.21. The van der Waals surface area contributed by atoms with Gasteiger partial charge in [-0.15, -0.1) is 24.0 Å². The van der Waals surface area contributed by atoms with Crippen LogP contribution in [0.1, 0.15) is 33.1 Å². The lowest BCUT2D eigenvalue weighted by Gasteiger charge is -1.79. The Kier molecular flexibility index (Phi) is 15.2. The summed E-state index contributed by atoms with van der Waals surface area (Å²) >= 11 is 0. The number of unbranched alkanes of at least 4 members (excludes halogenated alkanes) is 2. The second-order valence-corrected chi connectivity index (χ2v) is 1.35. The van der Waals surface area contributed by atoms with Crippen LogP contribution in [0.3, 0.4) is 0 Å². The highest BCUT2D eigenvalue weighted by Crippen LogP contribution is 1.88. The van der Waals surface area contributed by atoms with Crippen LogP contribution < -0.4 is 0 Å². The van der Waals surface area contributed by atoms with E-state index in [1.54, 1.807) is 0 Å². The van der Waals surface area contributed by atoms with Gasteiger partial charge >= 0.3 is 0 Å². The van der Waals surface area contributed by atoms with E-state index >= 15 is 0 Å². The summed E-state index contributed by atoms with van der Waals surface area (Å²) in [5, 5.41) is 0. The van der Waals surface area contributed by atoms with E-state index in [9.17, 15) is 0 Å². The minimum Gasteiger partial charge on any atom is -0.107 e. The third-order valence-electron chi connectivity index (χ3n) is 0.707. The van der Waals surface area contributed by atoms with Gasteiger partial charge in [0, 0.05) is 0 Å². The Morgan fingerprint density at radius 1 is 1.00 bits per heavy atom.